The number of Topliss-reactive ketones (excluding diaryl/α,β-unsaturated/α-hetero) is 1. The molecular weight excluding hydrogens is 456 g/mol. The number of likely N-dealkylation sites (N-methyl/N-ethyl adjacent to an activating group) is 1. The number of fused-ring (bicyclic) bond motifs is 1. The van der Waals surface area contributed by atoms with Gasteiger partial charge in [-0.3, -0.25) is 14.4 Å². The number of hydrogen-bond donors (Lipinski definition) is 1. The Bertz CT molecular complexity index is 939. The highest BCUT2D eigenvalue weighted by Crippen LogP contribution is 2.36. The molecule has 0 aliphatic carbocycles. The van der Waals surface area contributed by atoms with Crippen molar-refractivity contribution in [3.05, 3.63) is 29.8 Å². The van der Waals surface area contributed by atoms with Gasteiger partial charge in [0, 0.05) is 49.9 Å². The van der Waals surface area contributed by atoms with E-state index in [1.54, 1.807) is 4.90 Å². The normalized spacial score (nSPS) is 25.5. The molecule has 8 nitrogen and oxygen atoms in total. The van der Waals surface area contributed by atoms with Crippen LogP contribution in [0.15, 0.2) is 24.3 Å². The third-order valence-corrected chi connectivity index (χ3v) is 7.99. The van der Waals surface area contributed by atoms with Gasteiger partial charge in [0.15, 0.2) is 5.78 Å². The molecule has 1 unspecified atom stereocenters. The highest BCUT2D eigenvalue weighted by atomic mass is 16.5. The van der Waals surface area contributed by atoms with Gasteiger partial charge in [-0.25, -0.2) is 0 Å². The molecule has 0 aromatic heterocycles. The van der Waals surface area contributed by atoms with Crippen LogP contribution in [-0.4, -0.2) is 91.5 Å². The maximum Gasteiger partial charge on any atom is 0.251 e. The van der Waals surface area contributed by atoms with Crippen molar-refractivity contribution in [2.45, 2.75) is 59.2 Å². The van der Waals surface area contributed by atoms with Crippen molar-refractivity contribution in [2.24, 2.45) is 17.8 Å². The van der Waals surface area contributed by atoms with Crippen molar-refractivity contribution in [2.75, 3.05) is 50.8 Å². The molecule has 198 valence electrons. The first-order valence-corrected chi connectivity index (χ1v) is 13.5. The van der Waals surface area contributed by atoms with Gasteiger partial charge in [-0.2, -0.15) is 0 Å². The summed E-state index contributed by atoms with van der Waals surface area (Å²) in [6, 6.07) is 6.43. The van der Waals surface area contributed by atoms with Gasteiger partial charge >= 0.3 is 0 Å². The number of anilines is 1. The summed E-state index contributed by atoms with van der Waals surface area (Å²) in [4.78, 5) is 46.0. The van der Waals surface area contributed by atoms with Crippen molar-refractivity contribution in [1.29, 1.82) is 0 Å². The Kier molecular flexibility index (Phi) is 8.35. The number of piperazine rings is 1. The van der Waals surface area contributed by atoms with Crippen LogP contribution in [0.4, 0.5) is 5.69 Å². The van der Waals surface area contributed by atoms with Crippen LogP contribution in [0.2, 0.25) is 0 Å². The lowest BCUT2D eigenvalue weighted by molar-refractivity contribution is -0.138. The second-order valence-corrected chi connectivity index (χ2v) is 11.2. The van der Waals surface area contributed by atoms with Crippen molar-refractivity contribution in [3.63, 3.8) is 0 Å². The van der Waals surface area contributed by atoms with E-state index in [1.165, 1.54) is 0 Å². The zero-order valence-corrected chi connectivity index (χ0v) is 22.4. The molecule has 0 saturated carbocycles. The van der Waals surface area contributed by atoms with Crippen LogP contribution < -0.4 is 10.2 Å². The van der Waals surface area contributed by atoms with Gasteiger partial charge in [0.05, 0.1) is 6.10 Å². The van der Waals surface area contributed by atoms with Crippen molar-refractivity contribution in [3.8, 4) is 0 Å². The Morgan fingerprint density at radius 1 is 1.06 bits per heavy atom. The fraction of sp³-hybridized carbons (Fsp3) is 0.679. The summed E-state index contributed by atoms with van der Waals surface area (Å²) in [7, 11) is 0. The third kappa shape index (κ3) is 5.59. The van der Waals surface area contributed by atoms with E-state index in [-0.39, 0.29) is 42.1 Å². The molecule has 3 heterocycles. The van der Waals surface area contributed by atoms with E-state index in [1.807, 2.05) is 38.1 Å². The second-order valence-electron chi connectivity index (χ2n) is 11.2. The Balaban J connectivity index is 1.44. The van der Waals surface area contributed by atoms with Gasteiger partial charge in [0.1, 0.15) is 18.7 Å². The monoisotopic (exact) mass is 498 g/mol. The van der Waals surface area contributed by atoms with Crippen LogP contribution in [0.3, 0.4) is 0 Å². The van der Waals surface area contributed by atoms with Crippen LogP contribution in [0, 0.1) is 17.8 Å². The lowest BCUT2D eigenvalue weighted by atomic mass is 9.91. The summed E-state index contributed by atoms with van der Waals surface area (Å²) >= 11 is 0. The average molecular weight is 499 g/mol. The molecule has 0 bridgehead atoms. The molecule has 3 fully saturated rings. The quantitative estimate of drug-likeness (QED) is 0.593. The maximum absolute atomic E-state index is 13.7. The fourth-order valence-corrected chi connectivity index (χ4v) is 5.79. The number of ketones is 1. The van der Waals surface area contributed by atoms with Gasteiger partial charge in [0.25, 0.3) is 5.91 Å². The molecule has 4 atom stereocenters. The maximum atomic E-state index is 13.7. The van der Waals surface area contributed by atoms with E-state index in [2.05, 4.69) is 35.9 Å². The summed E-state index contributed by atoms with van der Waals surface area (Å²) in [5, 5.41) is 2.99. The molecule has 1 aromatic rings. The van der Waals surface area contributed by atoms with Crippen LogP contribution in [0.25, 0.3) is 0 Å². The molecule has 8 heteroatoms. The molecular formula is C28H42N4O4. The summed E-state index contributed by atoms with van der Waals surface area (Å²) < 4.78 is 5.79. The number of amides is 2. The van der Waals surface area contributed by atoms with Crippen molar-refractivity contribution >= 4 is 23.3 Å². The van der Waals surface area contributed by atoms with E-state index >= 15 is 0 Å². The van der Waals surface area contributed by atoms with Crippen LogP contribution in [0.1, 0.15) is 51.4 Å². The van der Waals surface area contributed by atoms with Crippen molar-refractivity contribution < 1.29 is 19.1 Å². The van der Waals surface area contributed by atoms with E-state index < -0.39 is 12.1 Å². The first-order valence-electron chi connectivity index (χ1n) is 13.5. The third-order valence-electron chi connectivity index (χ3n) is 7.99. The Morgan fingerprint density at radius 3 is 2.31 bits per heavy atom. The molecule has 3 aliphatic heterocycles. The summed E-state index contributed by atoms with van der Waals surface area (Å²) in [6.45, 7) is 16.1. The molecule has 3 saturated heterocycles. The highest BCUT2D eigenvalue weighted by molar-refractivity contribution is 5.99. The number of likely N-dealkylation sites (tertiary alicyclic amines) is 1. The Hall–Kier alpha value is -2.45. The minimum Gasteiger partial charge on any atom is -0.369 e. The molecule has 1 aromatic carbocycles. The van der Waals surface area contributed by atoms with E-state index in [4.69, 9.17) is 4.74 Å². The van der Waals surface area contributed by atoms with Crippen molar-refractivity contribution in [1.82, 2.24) is 15.1 Å². The molecule has 3 aliphatic rings. The van der Waals surface area contributed by atoms with Gasteiger partial charge in [0.2, 0.25) is 5.91 Å². The van der Waals surface area contributed by atoms with Gasteiger partial charge in [-0.1, -0.05) is 34.6 Å². The zero-order chi connectivity index (χ0) is 26.0. The molecule has 0 radical (unpaired) electrons. The first-order chi connectivity index (χ1) is 17.2. The van der Waals surface area contributed by atoms with E-state index in [0.717, 1.165) is 38.4 Å². The fourth-order valence-electron chi connectivity index (χ4n) is 5.79. The average Bonchev–Trinajstić information content (AvgIpc) is 3.44. The smallest absolute Gasteiger partial charge is 0.251 e. The number of nitrogens with one attached hydrogen (secondary N) is 1. The number of nitrogens with zero attached hydrogens (tertiary/aromatic N) is 3. The van der Waals surface area contributed by atoms with Crippen LogP contribution in [0.5, 0.6) is 0 Å². The van der Waals surface area contributed by atoms with Gasteiger partial charge < -0.3 is 24.8 Å². The summed E-state index contributed by atoms with van der Waals surface area (Å²) in [5.41, 5.74) is 1.65. The molecule has 0 spiro atoms. The summed E-state index contributed by atoms with van der Waals surface area (Å²) in [6.07, 6.45) is 0.267. The number of rotatable bonds is 8. The minimum absolute atomic E-state index is 0.0403. The number of carbonyl (C=O) groups is 3. The largest absolute Gasteiger partial charge is 0.369 e. The predicted octanol–water partition coefficient (Wildman–Crippen LogP) is 2.42. The Morgan fingerprint density at radius 2 is 1.72 bits per heavy atom. The topological polar surface area (TPSA) is 82.2 Å². The minimum atomic E-state index is -0.681. The zero-order valence-electron chi connectivity index (χ0n) is 22.4. The summed E-state index contributed by atoms with van der Waals surface area (Å²) in [5.74, 6) is 0.135. The number of hydrogen-bond acceptors (Lipinski definition) is 6. The van der Waals surface area contributed by atoms with E-state index in [9.17, 15) is 14.4 Å². The predicted molar refractivity (Wildman–Crippen MR) is 140 cm³/mol. The van der Waals surface area contributed by atoms with Crippen LogP contribution in [-0.2, 0) is 14.3 Å². The molecule has 2 amide bonds. The highest BCUT2D eigenvalue weighted by Gasteiger charge is 2.53. The first kappa shape index (κ1) is 26.6. The van der Waals surface area contributed by atoms with Gasteiger partial charge in [-0.05, 0) is 49.1 Å². The molecule has 4 rings (SSSR count). The number of ether oxygens (including phenoxy) is 1. The standard InChI is InChI=1S/C28H42N4O4/c1-6-30-11-13-31(14-12-30)21-9-7-20(8-10-21)27(34)29-23(15-18(2)3)28(35)32-16-22(19(4)5)26-25(32)24(33)17-36-26/h7-10,18-19,22-23,25-26H,6,11-17H2,1-5H3,(H,29,34)/t22-,23?,25-,26-/m1/s1. The number of carbonyl (C=O) groups excluding carboxylic acids is 3. The van der Waals surface area contributed by atoms with Crippen LogP contribution >= 0.6 is 0 Å². The Labute approximate surface area is 215 Å². The second kappa shape index (κ2) is 11.3. The van der Waals surface area contributed by atoms with Gasteiger partial charge in [-0.15, -0.1) is 0 Å². The number of benzene rings is 1. The molecule has 36 heavy (non-hydrogen) atoms. The SMILES string of the molecule is CCN1CCN(c2ccc(C(=O)NC(CC(C)C)C(=O)N3C[C@H](C(C)C)[C@H]4OCC(=O)[C@H]43)cc2)CC1. The molecule has 1 N–H and O–H groups in total. The lowest BCUT2D eigenvalue weighted by Gasteiger charge is -2.35. The van der Waals surface area contributed by atoms with E-state index in [0.29, 0.717) is 24.4 Å². The lowest BCUT2D eigenvalue weighted by Crippen LogP contribution is -2.52.